The first-order valence-corrected chi connectivity index (χ1v) is 8.27. The summed E-state index contributed by atoms with van der Waals surface area (Å²) in [6, 6.07) is 13.4. The first kappa shape index (κ1) is 16.7. The van der Waals surface area contributed by atoms with Crippen LogP contribution in [-0.2, 0) is 11.2 Å². The number of carbonyl (C=O) groups is 1. The van der Waals surface area contributed by atoms with Crippen molar-refractivity contribution in [3.63, 3.8) is 0 Å². The monoisotopic (exact) mass is 342 g/mol. The maximum absolute atomic E-state index is 12.0. The predicted octanol–water partition coefficient (Wildman–Crippen LogP) is 3.11. The molecule has 0 spiro atoms. The quantitative estimate of drug-likeness (QED) is 0.849. The van der Waals surface area contributed by atoms with Crippen molar-refractivity contribution in [1.82, 2.24) is 5.32 Å². The Morgan fingerprint density at radius 2 is 2.04 bits per heavy atom. The number of aliphatic imine (C=N–C) groups is 1. The Hall–Kier alpha value is -2.17. The van der Waals surface area contributed by atoms with E-state index in [4.69, 9.17) is 16.3 Å². The minimum atomic E-state index is -0.104. The van der Waals surface area contributed by atoms with E-state index in [0.29, 0.717) is 23.7 Å². The number of nitrogens with one attached hydrogen (secondary N) is 1. The SMILES string of the molecule is COCCNC(=O)c1ccc(C2=NCCc3ccc(Cl)cc32)cc1. The zero-order valence-corrected chi connectivity index (χ0v) is 14.3. The van der Waals surface area contributed by atoms with E-state index in [1.807, 2.05) is 36.4 Å². The molecule has 0 aliphatic carbocycles. The summed E-state index contributed by atoms with van der Waals surface area (Å²) >= 11 is 6.14. The van der Waals surface area contributed by atoms with Crippen LogP contribution in [0.5, 0.6) is 0 Å². The Labute approximate surface area is 146 Å². The average molecular weight is 343 g/mol. The fourth-order valence-corrected chi connectivity index (χ4v) is 2.93. The van der Waals surface area contributed by atoms with Crippen molar-refractivity contribution in [2.75, 3.05) is 26.8 Å². The van der Waals surface area contributed by atoms with Crippen molar-refractivity contribution in [2.45, 2.75) is 6.42 Å². The van der Waals surface area contributed by atoms with Crippen LogP contribution in [0.3, 0.4) is 0 Å². The minimum absolute atomic E-state index is 0.104. The maximum atomic E-state index is 12.0. The number of ether oxygens (including phenoxy) is 1. The van der Waals surface area contributed by atoms with Gasteiger partial charge in [0, 0.05) is 41.9 Å². The Kier molecular flexibility index (Phi) is 5.28. The molecule has 1 aliphatic rings. The van der Waals surface area contributed by atoms with Crippen molar-refractivity contribution in [1.29, 1.82) is 0 Å². The summed E-state index contributed by atoms with van der Waals surface area (Å²) in [4.78, 5) is 16.7. The minimum Gasteiger partial charge on any atom is -0.383 e. The molecule has 0 aromatic heterocycles. The molecule has 2 aromatic rings. The predicted molar refractivity (Wildman–Crippen MR) is 96.3 cm³/mol. The van der Waals surface area contributed by atoms with Crippen molar-refractivity contribution < 1.29 is 9.53 Å². The summed E-state index contributed by atoms with van der Waals surface area (Å²) in [6.45, 7) is 1.76. The number of hydrogen-bond acceptors (Lipinski definition) is 3. The summed E-state index contributed by atoms with van der Waals surface area (Å²) in [5.41, 5.74) is 4.88. The molecule has 124 valence electrons. The number of rotatable bonds is 5. The smallest absolute Gasteiger partial charge is 0.251 e. The molecule has 0 fully saturated rings. The Balaban J connectivity index is 1.80. The van der Waals surface area contributed by atoms with E-state index in [2.05, 4.69) is 16.4 Å². The number of fused-ring (bicyclic) bond motifs is 1. The van der Waals surface area contributed by atoms with Crippen LogP contribution >= 0.6 is 11.6 Å². The van der Waals surface area contributed by atoms with Gasteiger partial charge >= 0.3 is 0 Å². The van der Waals surface area contributed by atoms with Crippen LogP contribution in [0.1, 0.15) is 27.0 Å². The molecule has 4 nitrogen and oxygen atoms in total. The number of halogens is 1. The third-order valence-electron chi connectivity index (χ3n) is 3.99. The van der Waals surface area contributed by atoms with E-state index >= 15 is 0 Å². The van der Waals surface area contributed by atoms with Crippen molar-refractivity contribution in [3.8, 4) is 0 Å². The van der Waals surface area contributed by atoms with E-state index < -0.39 is 0 Å². The molecule has 0 bridgehead atoms. The largest absolute Gasteiger partial charge is 0.383 e. The van der Waals surface area contributed by atoms with Gasteiger partial charge in [-0.05, 0) is 36.2 Å². The van der Waals surface area contributed by atoms with Gasteiger partial charge in [0.25, 0.3) is 5.91 Å². The molecule has 0 saturated carbocycles. The number of carbonyl (C=O) groups excluding carboxylic acids is 1. The van der Waals surface area contributed by atoms with Crippen LogP contribution in [0.15, 0.2) is 47.5 Å². The lowest BCUT2D eigenvalue weighted by Gasteiger charge is -2.17. The van der Waals surface area contributed by atoms with E-state index in [-0.39, 0.29) is 5.91 Å². The molecular weight excluding hydrogens is 324 g/mol. The molecule has 1 aliphatic heterocycles. The topological polar surface area (TPSA) is 50.7 Å². The molecule has 1 amide bonds. The highest BCUT2D eigenvalue weighted by molar-refractivity contribution is 6.31. The Bertz CT molecular complexity index is 769. The second-order valence-corrected chi connectivity index (χ2v) is 6.04. The third kappa shape index (κ3) is 3.66. The average Bonchev–Trinajstić information content (AvgIpc) is 2.61. The second-order valence-electron chi connectivity index (χ2n) is 5.61. The van der Waals surface area contributed by atoms with Crippen LogP contribution in [-0.4, -0.2) is 38.4 Å². The van der Waals surface area contributed by atoms with Gasteiger partial charge in [0.2, 0.25) is 0 Å². The highest BCUT2D eigenvalue weighted by atomic mass is 35.5. The van der Waals surface area contributed by atoms with Gasteiger partial charge in [-0.1, -0.05) is 29.8 Å². The maximum Gasteiger partial charge on any atom is 0.251 e. The van der Waals surface area contributed by atoms with Gasteiger partial charge in [-0.25, -0.2) is 0 Å². The normalized spacial score (nSPS) is 13.2. The van der Waals surface area contributed by atoms with Crippen LogP contribution < -0.4 is 5.32 Å². The third-order valence-corrected chi connectivity index (χ3v) is 4.23. The summed E-state index contributed by atoms with van der Waals surface area (Å²) < 4.78 is 4.93. The van der Waals surface area contributed by atoms with Crippen molar-refractivity contribution in [2.24, 2.45) is 4.99 Å². The lowest BCUT2D eigenvalue weighted by atomic mass is 9.93. The zero-order valence-electron chi connectivity index (χ0n) is 13.5. The number of methoxy groups -OCH3 is 1. The van der Waals surface area contributed by atoms with Gasteiger partial charge in [0.05, 0.1) is 12.3 Å². The molecule has 0 unspecified atom stereocenters. The number of benzene rings is 2. The molecule has 0 saturated heterocycles. The van der Waals surface area contributed by atoms with Crippen LogP contribution in [0, 0.1) is 0 Å². The van der Waals surface area contributed by atoms with Crippen molar-refractivity contribution in [3.05, 3.63) is 69.7 Å². The number of amides is 1. The van der Waals surface area contributed by atoms with Gasteiger partial charge in [-0.3, -0.25) is 9.79 Å². The van der Waals surface area contributed by atoms with E-state index in [0.717, 1.165) is 29.8 Å². The highest BCUT2D eigenvalue weighted by Crippen LogP contribution is 2.24. The number of nitrogens with zero attached hydrogens (tertiary/aromatic N) is 1. The standard InChI is InChI=1S/C19H19ClN2O2/c1-24-11-10-22-19(23)15-4-2-14(3-5-15)18-17-12-16(20)7-6-13(17)8-9-21-18/h2-7,12H,8-11H2,1H3,(H,22,23). The molecule has 2 aromatic carbocycles. The summed E-state index contributed by atoms with van der Waals surface area (Å²) in [6.07, 6.45) is 0.927. The second kappa shape index (κ2) is 7.60. The van der Waals surface area contributed by atoms with E-state index in [9.17, 15) is 4.79 Å². The zero-order chi connectivity index (χ0) is 16.9. The van der Waals surface area contributed by atoms with Gasteiger partial charge in [-0.2, -0.15) is 0 Å². The molecule has 0 atom stereocenters. The van der Waals surface area contributed by atoms with Crippen LogP contribution in [0.25, 0.3) is 0 Å². The van der Waals surface area contributed by atoms with Crippen LogP contribution in [0.2, 0.25) is 5.02 Å². The van der Waals surface area contributed by atoms with E-state index in [1.165, 1.54) is 5.56 Å². The molecule has 5 heteroatoms. The van der Waals surface area contributed by atoms with Crippen molar-refractivity contribution >= 4 is 23.2 Å². The fraction of sp³-hybridized carbons (Fsp3) is 0.263. The van der Waals surface area contributed by atoms with Gasteiger partial charge in [-0.15, -0.1) is 0 Å². The lowest BCUT2D eigenvalue weighted by Crippen LogP contribution is -2.26. The van der Waals surface area contributed by atoms with Gasteiger partial charge in [0.1, 0.15) is 0 Å². The lowest BCUT2D eigenvalue weighted by molar-refractivity contribution is 0.0937. The fourth-order valence-electron chi connectivity index (χ4n) is 2.76. The molecule has 1 N–H and O–H groups in total. The Morgan fingerprint density at radius 3 is 2.79 bits per heavy atom. The molecule has 24 heavy (non-hydrogen) atoms. The molecule has 0 radical (unpaired) electrons. The number of hydrogen-bond donors (Lipinski definition) is 1. The summed E-state index contributed by atoms with van der Waals surface area (Å²) in [5, 5.41) is 3.52. The van der Waals surface area contributed by atoms with Gasteiger partial charge in [0.15, 0.2) is 0 Å². The summed E-state index contributed by atoms with van der Waals surface area (Å²) in [5.74, 6) is -0.104. The van der Waals surface area contributed by atoms with Crippen LogP contribution in [0.4, 0.5) is 0 Å². The molecule has 1 heterocycles. The van der Waals surface area contributed by atoms with E-state index in [1.54, 1.807) is 7.11 Å². The molecule has 3 rings (SSSR count). The molecular formula is C19H19ClN2O2. The first-order valence-electron chi connectivity index (χ1n) is 7.90. The first-order chi connectivity index (χ1) is 11.7. The Morgan fingerprint density at radius 1 is 1.25 bits per heavy atom. The van der Waals surface area contributed by atoms with Gasteiger partial charge < -0.3 is 10.1 Å². The highest BCUT2D eigenvalue weighted by Gasteiger charge is 2.16. The summed E-state index contributed by atoms with van der Waals surface area (Å²) in [7, 11) is 1.61.